The predicted octanol–water partition coefficient (Wildman–Crippen LogP) is -0.529. The van der Waals surface area contributed by atoms with Gasteiger partial charge in [0.05, 0.1) is 22.9 Å². The Balaban J connectivity index is 2.06. The summed E-state index contributed by atoms with van der Waals surface area (Å²) in [5, 5.41) is 9.19. The number of rotatable bonds is 3. The lowest BCUT2D eigenvalue weighted by Gasteiger charge is -2.09. The fraction of sp³-hybridized carbons (Fsp3) is 0.600. The van der Waals surface area contributed by atoms with Crippen LogP contribution in [-0.4, -0.2) is 42.1 Å². The van der Waals surface area contributed by atoms with E-state index in [4.69, 9.17) is 5.73 Å². The van der Waals surface area contributed by atoms with Gasteiger partial charge in [0.25, 0.3) is 5.91 Å². The summed E-state index contributed by atoms with van der Waals surface area (Å²) in [5.41, 5.74) is 6.94. The number of amides is 1. The predicted molar refractivity (Wildman–Crippen MR) is 66.9 cm³/mol. The molecular weight excluding hydrogens is 256 g/mol. The fourth-order valence-electron chi connectivity index (χ4n) is 1.99. The Kier molecular flexibility index (Phi) is 3.29. The van der Waals surface area contributed by atoms with Crippen LogP contribution in [0.3, 0.4) is 0 Å². The van der Waals surface area contributed by atoms with E-state index in [1.807, 2.05) is 6.92 Å². The number of nitrogen functional groups attached to an aromatic ring is 1. The van der Waals surface area contributed by atoms with Crippen molar-refractivity contribution in [1.82, 2.24) is 15.5 Å². The molecule has 1 aliphatic rings. The Morgan fingerprint density at radius 1 is 1.61 bits per heavy atom. The van der Waals surface area contributed by atoms with Crippen LogP contribution in [0.5, 0.6) is 0 Å². The highest BCUT2D eigenvalue weighted by atomic mass is 32.2. The minimum Gasteiger partial charge on any atom is -0.395 e. The molecule has 1 aliphatic heterocycles. The minimum atomic E-state index is -3.01. The van der Waals surface area contributed by atoms with E-state index in [0.29, 0.717) is 24.2 Å². The molecule has 1 aromatic rings. The van der Waals surface area contributed by atoms with Crippen molar-refractivity contribution in [2.75, 3.05) is 17.2 Å². The zero-order valence-corrected chi connectivity index (χ0v) is 10.9. The normalized spacial score (nSPS) is 21.9. The summed E-state index contributed by atoms with van der Waals surface area (Å²) in [6.07, 6.45) is 1.10. The molecule has 1 fully saturated rings. The van der Waals surface area contributed by atoms with Crippen LogP contribution in [0.2, 0.25) is 0 Å². The monoisotopic (exact) mass is 272 g/mol. The van der Waals surface area contributed by atoms with E-state index in [0.717, 1.165) is 0 Å². The van der Waals surface area contributed by atoms with Crippen LogP contribution in [0, 0.1) is 0 Å². The first-order valence-electron chi connectivity index (χ1n) is 5.77. The third kappa shape index (κ3) is 2.47. The second-order valence-electron chi connectivity index (χ2n) is 4.39. The molecule has 18 heavy (non-hydrogen) atoms. The molecule has 2 rings (SSSR count). The first-order chi connectivity index (χ1) is 8.43. The summed E-state index contributed by atoms with van der Waals surface area (Å²) >= 11 is 0. The van der Waals surface area contributed by atoms with Crippen molar-refractivity contribution < 1.29 is 13.2 Å². The number of carbonyl (C=O) groups excluding carboxylic acids is 1. The average molecular weight is 272 g/mol. The van der Waals surface area contributed by atoms with Crippen LogP contribution in [0.25, 0.3) is 0 Å². The summed E-state index contributed by atoms with van der Waals surface area (Å²) in [4.78, 5) is 11.9. The Bertz CT molecular complexity index is 564. The molecule has 7 nitrogen and oxygen atoms in total. The second-order valence-corrected chi connectivity index (χ2v) is 6.62. The Morgan fingerprint density at radius 3 is 2.83 bits per heavy atom. The van der Waals surface area contributed by atoms with Gasteiger partial charge in [0, 0.05) is 6.04 Å². The highest BCUT2D eigenvalue weighted by Crippen LogP contribution is 2.16. The van der Waals surface area contributed by atoms with Gasteiger partial charge >= 0.3 is 0 Å². The summed E-state index contributed by atoms with van der Waals surface area (Å²) in [5.74, 6) is -0.316. The van der Waals surface area contributed by atoms with Crippen molar-refractivity contribution in [2.45, 2.75) is 25.8 Å². The maximum absolute atomic E-state index is 11.9. The van der Waals surface area contributed by atoms with Crippen LogP contribution in [0.1, 0.15) is 29.5 Å². The molecule has 8 heteroatoms. The van der Waals surface area contributed by atoms with Gasteiger partial charge in [-0.25, -0.2) is 8.42 Å². The molecule has 0 saturated carbocycles. The van der Waals surface area contributed by atoms with E-state index < -0.39 is 15.7 Å². The second kappa shape index (κ2) is 4.60. The molecule has 4 N–H and O–H groups in total. The zero-order chi connectivity index (χ0) is 13.3. The van der Waals surface area contributed by atoms with Crippen molar-refractivity contribution >= 4 is 21.4 Å². The number of H-pyrrole nitrogens is 1. The Labute approximate surface area is 105 Å². The highest BCUT2D eigenvalue weighted by molar-refractivity contribution is 7.91. The lowest BCUT2D eigenvalue weighted by molar-refractivity contribution is 0.0937. The number of aromatic amines is 1. The molecule has 0 bridgehead atoms. The van der Waals surface area contributed by atoms with Gasteiger partial charge in [0.1, 0.15) is 0 Å². The standard InChI is InChI=1S/C10H16N4O3S/c1-2-7-8(11)9(14-13-7)10(15)12-6-3-4-18(16,17)5-6/h6H,2-5,11H2,1H3,(H,12,15)(H,13,14). The summed E-state index contributed by atoms with van der Waals surface area (Å²) in [6, 6.07) is -0.344. The van der Waals surface area contributed by atoms with E-state index in [1.165, 1.54) is 0 Å². The smallest absolute Gasteiger partial charge is 0.274 e. The lowest BCUT2D eigenvalue weighted by atomic mass is 10.2. The molecule has 0 radical (unpaired) electrons. The number of nitrogens with zero attached hydrogens (tertiary/aromatic N) is 1. The summed E-state index contributed by atoms with van der Waals surface area (Å²) in [7, 11) is -3.01. The number of anilines is 1. The number of aryl methyl sites for hydroxylation is 1. The van der Waals surface area contributed by atoms with Gasteiger partial charge in [0.2, 0.25) is 0 Å². The number of nitrogens with one attached hydrogen (secondary N) is 2. The van der Waals surface area contributed by atoms with Crippen molar-refractivity contribution in [3.63, 3.8) is 0 Å². The van der Waals surface area contributed by atoms with E-state index >= 15 is 0 Å². The third-order valence-corrected chi connectivity index (χ3v) is 4.79. The molecule has 1 atom stereocenters. The third-order valence-electron chi connectivity index (χ3n) is 3.02. The number of hydrogen-bond donors (Lipinski definition) is 3. The molecule has 2 heterocycles. The molecule has 100 valence electrons. The number of sulfone groups is 1. The van der Waals surface area contributed by atoms with E-state index in [1.54, 1.807) is 0 Å². The summed E-state index contributed by atoms with van der Waals surface area (Å²) in [6.45, 7) is 1.90. The van der Waals surface area contributed by atoms with Crippen molar-refractivity contribution in [2.24, 2.45) is 0 Å². The van der Waals surface area contributed by atoms with Crippen molar-refractivity contribution in [3.8, 4) is 0 Å². The molecule has 1 saturated heterocycles. The number of hydrogen-bond acceptors (Lipinski definition) is 5. The van der Waals surface area contributed by atoms with Crippen LogP contribution < -0.4 is 11.1 Å². The van der Waals surface area contributed by atoms with E-state index in [9.17, 15) is 13.2 Å². The van der Waals surface area contributed by atoms with Gasteiger partial charge in [-0.05, 0) is 12.8 Å². The molecule has 1 aromatic heterocycles. The molecule has 0 aliphatic carbocycles. The molecule has 1 amide bonds. The molecule has 0 spiro atoms. The van der Waals surface area contributed by atoms with Gasteiger partial charge in [0.15, 0.2) is 15.5 Å². The van der Waals surface area contributed by atoms with Gasteiger partial charge in [-0.1, -0.05) is 6.92 Å². The van der Waals surface area contributed by atoms with E-state index in [2.05, 4.69) is 15.5 Å². The number of aromatic nitrogens is 2. The maximum Gasteiger partial charge on any atom is 0.274 e. The topological polar surface area (TPSA) is 118 Å². The van der Waals surface area contributed by atoms with Gasteiger partial charge in [-0.2, -0.15) is 5.10 Å². The van der Waals surface area contributed by atoms with Crippen LogP contribution >= 0.6 is 0 Å². The quantitative estimate of drug-likeness (QED) is 0.683. The maximum atomic E-state index is 11.9. The lowest BCUT2D eigenvalue weighted by Crippen LogP contribution is -2.36. The number of nitrogens with two attached hydrogens (primary N) is 1. The minimum absolute atomic E-state index is 0.0102. The largest absolute Gasteiger partial charge is 0.395 e. The van der Waals surface area contributed by atoms with Gasteiger partial charge < -0.3 is 11.1 Å². The zero-order valence-electron chi connectivity index (χ0n) is 10.1. The van der Waals surface area contributed by atoms with E-state index in [-0.39, 0.29) is 23.2 Å². The SMILES string of the molecule is CCc1[nH]nc(C(=O)NC2CCS(=O)(=O)C2)c1N. The van der Waals surface area contributed by atoms with Gasteiger partial charge in [-0.15, -0.1) is 0 Å². The van der Waals surface area contributed by atoms with Crippen molar-refractivity contribution in [3.05, 3.63) is 11.4 Å². The molecular formula is C10H16N4O3S. The summed E-state index contributed by atoms with van der Waals surface area (Å²) < 4.78 is 22.6. The fourth-order valence-corrected chi connectivity index (χ4v) is 3.67. The Hall–Kier alpha value is -1.57. The first kappa shape index (κ1) is 12.9. The van der Waals surface area contributed by atoms with Crippen molar-refractivity contribution in [1.29, 1.82) is 0 Å². The van der Waals surface area contributed by atoms with Crippen LogP contribution in [0.4, 0.5) is 5.69 Å². The van der Waals surface area contributed by atoms with Crippen LogP contribution in [0.15, 0.2) is 0 Å². The number of carbonyl (C=O) groups is 1. The molecule has 0 aromatic carbocycles. The Morgan fingerprint density at radius 2 is 2.33 bits per heavy atom. The highest BCUT2D eigenvalue weighted by Gasteiger charge is 2.30. The average Bonchev–Trinajstić information content (AvgIpc) is 2.81. The van der Waals surface area contributed by atoms with Crippen LogP contribution in [-0.2, 0) is 16.3 Å². The first-order valence-corrected chi connectivity index (χ1v) is 7.59. The van der Waals surface area contributed by atoms with Gasteiger partial charge in [-0.3, -0.25) is 9.89 Å². The molecule has 1 unspecified atom stereocenters.